The van der Waals surface area contributed by atoms with E-state index in [1.807, 2.05) is 6.07 Å². The summed E-state index contributed by atoms with van der Waals surface area (Å²) in [6.07, 6.45) is 0.606. The molecule has 30 heavy (non-hydrogen) atoms. The van der Waals surface area contributed by atoms with Gasteiger partial charge in [-0.2, -0.15) is 0 Å². The van der Waals surface area contributed by atoms with Crippen LogP contribution >= 0.6 is 0 Å². The van der Waals surface area contributed by atoms with Gasteiger partial charge in [-0.1, -0.05) is 5.10 Å². The van der Waals surface area contributed by atoms with E-state index >= 15 is 0 Å². The van der Waals surface area contributed by atoms with E-state index in [0.717, 1.165) is 5.56 Å². The van der Waals surface area contributed by atoms with Gasteiger partial charge in [-0.25, -0.2) is 8.78 Å². The van der Waals surface area contributed by atoms with Crippen molar-refractivity contribution < 1.29 is 18.0 Å². The van der Waals surface area contributed by atoms with Gasteiger partial charge in [-0.3, -0.25) is 4.79 Å². The van der Waals surface area contributed by atoms with Crippen molar-refractivity contribution >= 4 is 22.8 Å². The molecule has 3 N–H and O–H groups in total. The van der Waals surface area contributed by atoms with Crippen molar-refractivity contribution in [2.24, 2.45) is 0 Å². The van der Waals surface area contributed by atoms with Crippen molar-refractivity contribution in [1.82, 2.24) is 20.5 Å². The van der Waals surface area contributed by atoms with Crippen molar-refractivity contribution in [2.75, 3.05) is 11.9 Å². The first-order chi connectivity index (χ1) is 14.5. The molecule has 1 fully saturated rings. The fraction of sp³-hybridized carbons (Fsp3) is 0.190. The number of hydrogen-bond acceptors (Lipinski definition) is 5. The molecule has 0 saturated carbocycles. The van der Waals surface area contributed by atoms with Gasteiger partial charge in [-0.15, -0.1) is 5.10 Å². The van der Waals surface area contributed by atoms with Gasteiger partial charge in [0.25, 0.3) is 5.89 Å². The van der Waals surface area contributed by atoms with Crippen molar-refractivity contribution in [3.63, 3.8) is 0 Å². The molecule has 2 aromatic heterocycles. The number of hydrogen-bond donors (Lipinski definition) is 3. The summed E-state index contributed by atoms with van der Waals surface area (Å²) >= 11 is 0. The van der Waals surface area contributed by atoms with Gasteiger partial charge in [0.05, 0.1) is 16.8 Å². The van der Waals surface area contributed by atoms with Crippen LogP contribution in [0.2, 0.25) is 0 Å². The SMILES string of the molecule is Cc1cc(F)c2[nH]c(-c3ccc(F)cc3)c(-c3nnc(NC4CCNC4=O)o3)c2c1. The standard InChI is InChI=1S/C21H17F2N5O2/c1-10-8-13-16(20-27-28-21(30-20)25-15-6-7-24-19(15)29)17(26-18(13)14(23)9-10)11-2-4-12(22)5-3-11/h2-5,8-9,15,26H,6-7H2,1H3,(H,24,29)(H,25,28). The van der Waals surface area contributed by atoms with Gasteiger partial charge in [-0.05, 0) is 60.9 Å². The number of fused-ring (bicyclic) bond motifs is 1. The Labute approximate surface area is 169 Å². The largest absolute Gasteiger partial charge is 0.403 e. The second kappa shape index (κ2) is 6.94. The Morgan fingerprint density at radius 1 is 1.17 bits per heavy atom. The summed E-state index contributed by atoms with van der Waals surface area (Å²) < 4.78 is 33.8. The van der Waals surface area contributed by atoms with E-state index in [-0.39, 0.29) is 29.1 Å². The van der Waals surface area contributed by atoms with Gasteiger partial charge < -0.3 is 20.0 Å². The zero-order valence-electron chi connectivity index (χ0n) is 15.9. The summed E-state index contributed by atoms with van der Waals surface area (Å²) in [5, 5.41) is 14.3. The van der Waals surface area contributed by atoms with Crippen LogP contribution in [-0.2, 0) is 4.79 Å². The zero-order chi connectivity index (χ0) is 20.8. The monoisotopic (exact) mass is 409 g/mol. The van der Waals surface area contributed by atoms with Gasteiger partial charge in [0.2, 0.25) is 5.91 Å². The van der Waals surface area contributed by atoms with Gasteiger partial charge in [0.1, 0.15) is 17.7 Å². The lowest BCUT2D eigenvalue weighted by molar-refractivity contribution is -0.119. The molecular formula is C21H17F2N5O2. The highest BCUT2D eigenvalue weighted by Crippen LogP contribution is 2.39. The molecule has 1 saturated heterocycles. The fourth-order valence-corrected chi connectivity index (χ4v) is 3.71. The van der Waals surface area contributed by atoms with Crippen LogP contribution in [-0.4, -0.2) is 33.7 Å². The third-order valence-electron chi connectivity index (χ3n) is 5.12. The Morgan fingerprint density at radius 3 is 2.70 bits per heavy atom. The molecule has 1 aliphatic rings. The Balaban J connectivity index is 1.65. The predicted molar refractivity (Wildman–Crippen MR) is 107 cm³/mol. The summed E-state index contributed by atoms with van der Waals surface area (Å²) in [5.41, 5.74) is 2.70. The molecule has 4 aromatic rings. The number of nitrogens with one attached hydrogen (secondary N) is 3. The number of anilines is 1. The number of benzene rings is 2. The van der Waals surface area contributed by atoms with Gasteiger partial charge in [0, 0.05) is 11.9 Å². The predicted octanol–water partition coefficient (Wildman–Crippen LogP) is 3.77. The number of H-pyrrole nitrogens is 1. The summed E-state index contributed by atoms with van der Waals surface area (Å²) in [7, 11) is 0. The number of aryl methyl sites for hydroxylation is 1. The van der Waals surface area contributed by atoms with E-state index < -0.39 is 11.9 Å². The van der Waals surface area contributed by atoms with Crippen molar-refractivity contribution in [2.45, 2.75) is 19.4 Å². The van der Waals surface area contributed by atoms with E-state index in [2.05, 4.69) is 25.8 Å². The van der Waals surface area contributed by atoms with E-state index in [1.54, 1.807) is 19.1 Å². The van der Waals surface area contributed by atoms with Crippen LogP contribution < -0.4 is 10.6 Å². The summed E-state index contributed by atoms with van der Waals surface area (Å²) in [4.78, 5) is 14.9. The highest BCUT2D eigenvalue weighted by Gasteiger charge is 2.27. The van der Waals surface area contributed by atoms with E-state index in [4.69, 9.17) is 4.42 Å². The minimum Gasteiger partial charge on any atom is -0.403 e. The van der Waals surface area contributed by atoms with Crippen LogP contribution in [0.4, 0.5) is 14.8 Å². The molecular weight excluding hydrogens is 392 g/mol. The Bertz CT molecular complexity index is 1260. The normalized spacial score (nSPS) is 16.2. The lowest BCUT2D eigenvalue weighted by Gasteiger charge is -2.06. The average molecular weight is 409 g/mol. The number of nitrogens with zero attached hydrogens (tertiary/aromatic N) is 2. The second-order valence-electron chi connectivity index (χ2n) is 7.24. The molecule has 1 atom stereocenters. The van der Waals surface area contributed by atoms with Crippen LogP contribution in [0.5, 0.6) is 0 Å². The van der Waals surface area contributed by atoms with Crippen molar-refractivity contribution in [1.29, 1.82) is 0 Å². The topological polar surface area (TPSA) is 95.8 Å². The molecule has 1 amide bonds. The summed E-state index contributed by atoms with van der Waals surface area (Å²) in [5.74, 6) is -0.768. The van der Waals surface area contributed by atoms with Crippen LogP contribution in [0, 0.1) is 18.6 Å². The highest BCUT2D eigenvalue weighted by atomic mass is 19.1. The van der Waals surface area contributed by atoms with E-state index in [9.17, 15) is 13.6 Å². The second-order valence-corrected chi connectivity index (χ2v) is 7.24. The molecule has 5 rings (SSSR count). The lowest BCUT2D eigenvalue weighted by atomic mass is 10.0. The van der Waals surface area contributed by atoms with Gasteiger partial charge in [0.15, 0.2) is 0 Å². The van der Waals surface area contributed by atoms with E-state index in [0.29, 0.717) is 35.2 Å². The summed E-state index contributed by atoms with van der Waals surface area (Å²) in [6, 6.07) is 8.73. The molecule has 3 heterocycles. The van der Waals surface area contributed by atoms with Gasteiger partial charge >= 0.3 is 6.01 Å². The number of carbonyl (C=O) groups is 1. The highest BCUT2D eigenvalue weighted by molar-refractivity contribution is 6.02. The van der Waals surface area contributed by atoms with Crippen LogP contribution in [0.25, 0.3) is 33.6 Å². The molecule has 0 radical (unpaired) electrons. The third-order valence-corrected chi connectivity index (χ3v) is 5.12. The van der Waals surface area contributed by atoms with E-state index in [1.165, 1.54) is 18.2 Å². The Morgan fingerprint density at radius 2 is 1.97 bits per heavy atom. The Hall–Kier alpha value is -3.75. The molecule has 2 aromatic carbocycles. The first-order valence-corrected chi connectivity index (χ1v) is 9.45. The molecule has 152 valence electrons. The molecule has 0 bridgehead atoms. The lowest BCUT2D eigenvalue weighted by Crippen LogP contribution is -2.29. The molecule has 1 unspecified atom stereocenters. The number of carbonyl (C=O) groups excluding carboxylic acids is 1. The van der Waals surface area contributed by atoms with Crippen molar-refractivity contribution in [3.8, 4) is 22.7 Å². The molecule has 9 heteroatoms. The zero-order valence-corrected chi connectivity index (χ0v) is 15.9. The molecule has 0 aliphatic carbocycles. The molecule has 1 aliphatic heterocycles. The maximum Gasteiger partial charge on any atom is 0.316 e. The Kier molecular flexibility index (Phi) is 4.23. The fourth-order valence-electron chi connectivity index (χ4n) is 3.71. The average Bonchev–Trinajstić information content (AvgIpc) is 3.42. The molecule has 0 spiro atoms. The maximum absolute atomic E-state index is 14.6. The van der Waals surface area contributed by atoms with Crippen molar-refractivity contribution in [3.05, 3.63) is 53.6 Å². The first-order valence-electron chi connectivity index (χ1n) is 9.45. The number of halogens is 2. The number of rotatable bonds is 4. The smallest absolute Gasteiger partial charge is 0.316 e. The third kappa shape index (κ3) is 3.08. The minimum absolute atomic E-state index is 0.0968. The number of aromatic nitrogens is 3. The molecule has 7 nitrogen and oxygen atoms in total. The number of aromatic amines is 1. The quantitative estimate of drug-likeness (QED) is 0.477. The first kappa shape index (κ1) is 18.3. The van der Waals surface area contributed by atoms with Crippen LogP contribution in [0.1, 0.15) is 12.0 Å². The maximum atomic E-state index is 14.6. The minimum atomic E-state index is -0.447. The van der Waals surface area contributed by atoms with Crippen LogP contribution in [0.15, 0.2) is 40.8 Å². The van der Waals surface area contributed by atoms with Crippen LogP contribution in [0.3, 0.4) is 0 Å². The summed E-state index contributed by atoms with van der Waals surface area (Å²) in [6.45, 7) is 2.36. The number of amides is 1.